The second-order valence-electron chi connectivity index (χ2n) is 9.05. The quantitative estimate of drug-likeness (QED) is 0.380. The van der Waals surface area contributed by atoms with E-state index in [1.807, 2.05) is 23.9 Å². The summed E-state index contributed by atoms with van der Waals surface area (Å²) < 4.78 is 0. The minimum atomic E-state index is 0.135. The zero-order valence-electron chi connectivity index (χ0n) is 18.8. The Morgan fingerprint density at radius 3 is 2.38 bits per heavy atom. The lowest BCUT2D eigenvalue weighted by atomic mass is 9.77. The van der Waals surface area contributed by atoms with Crippen LogP contribution in [0.4, 0.5) is 0 Å². The summed E-state index contributed by atoms with van der Waals surface area (Å²) in [5.74, 6) is 1.31. The van der Waals surface area contributed by atoms with Crippen molar-refractivity contribution in [2.45, 2.75) is 31.3 Å². The molecule has 2 heterocycles. The van der Waals surface area contributed by atoms with Gasteiger partial charge in [0.15, 0.2) is 5.17 Å². The number of amidine groups is 1. The van der Waals surface area contributed by atoms with Gasteiger partial charge in [0.1, 0.15) is 0 Å². The van der Waals surface area contributed by atoms with Gasteiger partial charge in [-0.05, 0) is 59.7 Å². The molecule has 2 aliphatic heterocycles. The van der Waals surface area contributed by atoms with Crippen molar-refractivity contribution in [1.29, 1.82) is 0 Å². The fourth-order valence-corrected chi connectivity index (χ4v) is 6.42. The number of hydrogen-bond donors (Lipinski definition) is 0. The smallest absolute Gasteiger partial charge is 0.181 e. The largest absolute Gasteiger partial charge is 0.252 e. The standard InChI is InChI=1S/C29H26ClN3S/c30-24-16-14-21(15-17-24)26-19-34-29(31-26)33-28(22-10-5-2-6-11-22)25-13-7-12-23(27(25)32-33)18-20-8-3-1-4-9-20/h1-6,8-11,14-18,25-26,28H,7,12-13,19H2/b23-18+/t25-,26?,28+/m1/s1. The molecule has 1 aliphatic carbocycles. The number of rotatable bonds is 3. The van der Waals surface area contributed by atoms with Crippen LogP contribution in [0.3, 0.4) is 0 Å². The van der Waals surface area contributed by atoms with Crippen LogP contribution in [0, 0.1) is 5.92 Å². The molecule has 3 aliphatic rings. The number of allylic oxidation sites excluding steroid dienone is 1. The van der Waals surface area contributed by atoms with Crippen LogP contribution in [0.15, 0.2) is 101 Å². The van der Waals surface area contributed by atoms with Crippen molar-refractivity contribution < 1.29 is 0 Å². The highest BCUT2D eigenvalue weighted by atomic mass is 35.5. The summed E-state index contributed by atoms with van der Waals surface area (Å²) in [5.41, 5.74) is 6.36. The van der Waals surface area contributed by atoms with Crippen molar-refractivity contribution in [3.05, 3.63) is 112 Å². The Morgan fingerprint density at radius 1 is 0.882 bits per heavy atom. The van der Waals surface area contributed by atoms with E-state index in [-0.39, 0.29) is 12.1 Å². The Kier molecular flexibility index (Phi) is 6.02. The number of thioether (sulfide) groups is 1. The van der Waals surface area contributed by atoms with Gasteiger partial charge in [-0.25, -0.2) is 5.01 Å². The van der Waals surface area contributed by atoms with Gasteiger partial charge < -0.3 is 0 Å². The highest BCUT2D eigenvalue weighted by Crippen LogP contribution is 2.47. The molecule has 3 atom stereocenters. The summed E-state index contributed by atoms with van der Waals surface area (Å²) in [5, 5.41) is 9.28. The first-order valence-electron chi connectivity index (χ1n) is 11.9. The molecule has 1 unspecified atom stereocenters. The Morgan fingerprint density at radius 2 is 1.62 bits per heavy atom. The van der Waals surface area contributed by atoms with Crippen LogP contribution in [0.2, 0.25) is 5.02 Å². The first-order valence-corrected chi connectivity index (χ1v) is 13.3. The van der Waals surface area contributed by atoms with Gasteiger partial charge in [0.2, 0.25) is 0 Å². The average Bonchev–Trinajstić information content (AvgIpc) is 3.51. The molecule has 3 aromatic carbocycles. The zero-order chi connectivity index (χ0) is 22.9. The molecule has 1 saturated carbocycles. The molecule has 5 heteroatoms. The van der Waals surface area contributed by atoms with E-state index in [1.54, 1.807) is 0 Å². The van der Waals surface area contributed by atoms with E-state index in [1.165, 1.54) is 34.4 Å². The van der Waals surface area contributed by atoms with Crippen LogP contribution in [0.1, 0.15) is 48.0 Å². The van der Waals surface area contributed by atoms with E-state index >= 15 is 0 Å². The van der Waals surface area contributed by atoms with E-state index < -0.39 is 0 Å². The molecule has 0 amide bonds. The molecule has 6 rings (SSSR count). The summed E-state index contributed by atoms with van der Waals surface area (Å²) in [6.07, 6.45) is 5.75. The number of hydrazone groups is 1. The van der Waals surface area contributed by atoms with E-state index in [0.29, 0.717) is 5.92 Å². The van der Waals surface area contributed by atoms with Gasteiger partial charge in [0, 0.05) is 16.7 Å². The van der Waals surface area contributed by atoms with Crippen molar-refractivity contribution in [1.82, 2.24) is 5.01 Å². The van der Waals surface area contributed by atoms with Crippen molar-refractivity contribution in [2.75, 3.05) is 5.75 Å². The molecule has 3 nitrogen and oxygen atoms in total. The maximum atomic E-state index is 6.11. The minimum Gasteiger partial charge on any atom is -0.252 e. The van der Waals surface area contributed by atoms with Crippen LogP contribution in [0.5, 0.6) is 0 Å². The highest BCUT2D eigenvalue weighted by Gasteiger charge is 2.44. The fraction of sp³-hybridized carbons (Fsp3) is 0.241. The Labute approximate surface area is 210 Å². The third-order valence-electron chi connectivity index (χ3n) is 6.87. The third-order valence-corrected chi connectivity index (χ3v) is 8.16. The number of aliphatic imine (C=N–C) groups is 1. The zero-order valence-corrected chi connectivity index (χ0v) is 20.4. The van der Waals surface area contributed by atoms with Crippen molar-refractivity contribution in [2.24, 2.45) is 16.0 Å². The Balaban J connectivity index is 1.38. The number of nitrogens with zero attached hydrogens (tertiary/aromatic N) is 3. The molecule has 0 bridgehead atoms. The molecular formula is C29H26ClN3S. The fourth-order valence-electron chi connectivity index (χ4n) is 5.23. The minimum absolute atomic E-state index is 0.135. The number of fused-ring (bicyclic) bond motifs is 1. The Bertz CT molecular complexity index is 1250. The van der Waals surface area contributed by atoms with E-state index in [0.717, 1.165) is 28.8 Å². The van der Waals surface area contributed by atoms with Gasteiger partial charge in [-0.3, -0.25) is 4.99 Å². The first kappa shape index (κ1) is 21.7. The number of hydrogen-bond acceptors (Lipinski definition) is 4. The summed E-state index contributed by atoms with van der Waals surface area (Å²) in [6.45, 7) is 0. The molecular weight excluding hydrogens is 458 g/mol. The van der Waals surface area contributed by atoms with Gasteiger partial charge >= 0.3 is 0 Å². The van der Waals surface area contributed by atoms with Crippen LogP contribution in [-0.2, 0) is 0 Å². The van der Waals surface area contributed by atoms with Crippen LogP contribution in [0.25, 0.3) is 6.08 Å². The molecule has 0 aromatic heterocycles. The predicted octanol–water partition coefficient (Wildman–Crippen LogP) is 7.78. The predicted molar refractivity (Wildman–Crippen MR) is 144 cm³/mol. The maximum absolute atomic E-state index is 6.11. The molecule has 1 fully saturated rings. The second-order valence-corrected chi connectivity index (χ2v) is 10.5. The SMILES string of the molecule is Clc1ccc(C2CSC(N3N=C4/C(=C/c5ccccc5)CCC[C@H]4[C@@H]3c3ccccc3)=N2)cc1. The van der Waals surface area contributed by atoms with Crippen molar-refractivity contribution in [3.63, 3.8) is 0 Å². The van der Waals surface area contributed by atoms with Crippen LogP contribution >= 0.6 is 23.4 Å². The van der Waals surface area contributed by atoms with E-state index in [2.05, 4.69) is 83.9 Å². The van der Waals surface area contributed by atoms with Crippen molar-refractivity contribution in [3.8, 4) is 0 Å². The normalized spacial score (nSPS) is 25.3. The highest BCUT2D eigenvalue weighted by molar-refractivity contribution is 8.14. The van der Waals surface area contributed by atoms with E-state index in [9.17, 15) is 0 Å². The summed E-state index contributed by atoms with van der Waals surface area (Å²) in [7, 11) is 0. The Hall–Kier alpha value is -2.82. The van der Waals surface area contributed by atoms with Gasteiger partial charge in [0.05, 0.1) is 17.8 Å². The molecule has 3 aromatic rings. The van der Waals surface area contributed by atoms with Gasteiger partial charge in [-0.2, -0.15) is 5.10 Å². The van der Waals surface area contributed by atoms with Crippen LogP contribution in [-0.4, -0.2) is 21.6 Å². The third kappa shape index (κ3) is 4.21. The molecule has 0 N–H and O–H groups in total. The summed E-state index contributed by atoms with van der Waals surface area (Å²) in [6, 6.07) is 29.8. The van der Waals surface area contributed by atoms with Gasteiger partial charge in [0.25, 0.3) is 0 Å². The molecule has 0 saturated heterocycles. The lowest BCUT2D eigenvalue weighted by Crippen LogP contribution is -2.30. The average molecular weight is 484 g/mol. The molecule has 0 spiro atoms. The topological polar surface area (TPSA) is 28.0 Å². The van der Waals surface area contributed by atoms with Gasteiger partial charge in [-0.15, -0.1) is 0 Å². The lowest BCUT2D eigenvalue weighted by Gasteiger charge is -2.30. The van der Waals surface area contributed by atoms with Crippen LogP contribution < -0.4 is 0 Å². The van der Waals surface area contributed by atoms with E-state index in [4.69, 9.17) is 21.7 Å². The first-order chi connectivity index (χ1) is 16.8. The van der Waals surface area contributed by atoms with Gasteiger partial charge in [-0.1, -0.05) is 96.2 Å². The molecule has 0 radical (unpaired) electrons. The number of benzene rings is 3. The summed E-state index contributed by atoms with van der Waals surface area (Å²) in [4.78, 5) is 5.15. The maximum Gasteiger partial charge on any atom is 0.181 e. The second kappa shape index (κ2) is 9.44. The molecule has 34 heavy (non-hydrogen) atoms. The molecule has 170 valence electrons. The lowest BCUT2D eigenvalue weighted by molar-refractivity contribution is 0.308. The van der Waals surface area contributed by atoms with Crippen molar-refractivity contribution >= 4 is 40.3 Å². The summed E-state index contributed by atoms with van der Waals surface area (Å²) >= 11 is 7.92. The monoisotopic (exact) mass is 483 g/mol. The number of halogens is 1.